The van der Waals surface area contributed by atoms with E-state index in [1.54, 1.807) is 4.31 Å². The maximum Gasteiger partial charge on any atom is 0.279 e. The zero-order valence-electron chi connectivity index (χ0n) is 12.9. The molecule has 0 aromatic carbocycles. The second-order valence-electron chi connectivity index (χ2n) is 6.41. The highest BCUT2D eigenvalue weighted by Crippen LogP contribution is 2.38. The fourth-order valence-electron chi connectivity index (χ4n) is 2.30. The zero-order chi connectivity index (χ0) is 14.7. The first-order valence-corrected chi connectivity index (χ1v) is 8.51. The summed E-state index contributed by atoms with van der Waals surface area (Å²) in [5.74, 6) is 0.596. The van der Waals surface area contributed by atoms with Gasteiger partial charge in [-0.05, 0) is 38.3 Å². The maximum atomic E-state index is 12.1. The van der Waals surface area contributed by atoms with Gasteiger partial charge in [-0.15, -0.1) is 0 Å². The van der Waals surface area contributed by atoms with Crippen LogP contribution in [-0.2, 0) is 10.2 Å². The van der Waals surface area contributed by atoms with Gasteiger partial charge < -0.3 is 4.90 Å². The number of likely N-dealkylation sites (N-methyl/N-ethyl adjacent to an activating group) is 1. The lowest BCUT2D eigenvalue weighted by Crippen LogP contribution is -2.49. The first-order chi connectivity index (χ1) is 8.67. The molecule has 0 aliphatic carbocycles. The standard InChI is InChI=1S/C13H29N3O2S/c1-12(2)13(3)6-9-16(10-7-13)19(17,18)14-8-11-15(4)5/h12,14H,6-11H2,1-5H3. The van der Waals surface area contributed by atoms with Crippen LogP contribution >= 0.6 is 0 Å². The quantitative estimate of drug-likeness (QED) is 0.798. The molecule has 1 N–H and O–H groups in total. The summed E-state index contributed by atoms with van der Waals surface area (Å²) in [6, 6.07) is 0. The van der Waals surface area contributed by atoms with Gasteiger partial charge in [0, 0.05) is 26.2 Å². The van der Waals surface area contributed by atoms with Crippen LogP contribution in [0.2, 0.25) is 0 Å². The minimum absolute atomic E-state index is 0.273. The first kappa shape index (κ1) is 16.9. The maximum absolute atomic E-state index is 12.1. The van der Waals surface area contributed by atoms with E-state index in [0.717, 1.165) is 19.4 Å². The van der Waals surface area contributed by atoms with Crippen molar-refractivity contribution in [2.75, 3.05) is 40.3 Å². The van der Waals surface area contributed by atoms with Gasteiger partial charge in [-0.2, -0.15) is 12.7 Å². The van der Waals surface area contributed by atoms with Gasteiger partial charge in [-0.3, -0.25) is 0 Å². The lowest BCUT2D eigenvalue weighted by molar-refractivity contribution is 0.117. The molecule has 0 unspecified atom stereocenters. The normalized spacial score (nSPS) is 21.2. The second-order valence-corrected chi connectivity index (χ2v) is 8.17. The highest BCUT2D eigenvalue weighted by molar-refractivity contribution is 7.87. The molecule has 114 valence electrons. The molecule has 1 heterocycles. The number of rotatable bonds is 6. The lowest BCUT2D eigenvalue weighted by Gasteiger charge is -2.41. The third-order valence-corrected chi connectivity index (χ3v) is 6.06. The van der Waals surface area contributed by atoms with Crippen molar-refractivity contribution in [1.29, 1.82) is 0 Å². The first-order valence-electron chi connectivity index (χ1n) is 7.07. The van der Waals surface area contributed by atoms with Crippen LogP contribution in [0.3, 0.4) is 0 Å². The van der Waals surface area contributed by atoms with Crippen molar-refractivity contribution in [2.24, 2.45) is 11.3 Å². The molecule has 0 atom stereocenters. The summed E-state index contributed by atoms with van der Waals surface area (Å²) >= 11 is 0. The second kappa shape index (κ2) is 6.52. The molecule has 0 amide bonds. The van der Waals surface area contributed by atoms with Crippen LogP contribution in [0.1, 0.15) is 33.6 Å². The van der Waals surface area contributed by atoms with Crippen LogP contribution < -0.4 is 4.72 Å². The lowest BCUT2D eigenvalue weighted by atomic mass is 9.72. The Morgan fingerprint density at radius 1 is 1.26 bits per heavy atom. The minimum Gasteiger partial charge on any atom is -0.308 e. The van der Waals surface area contributed by atoms with Crippen LogP contribution in [0.25, 0.3) is 0 Å². The monoisotopic (exact) mass is 291 g/mol. The molecule has 0 aromatic rings. The fourth-order valence-corrected chi connectivity index (χ4v) is 3.50. The number of nitrogens with one attached hydrogen (secondary N) is 1. The van der Waals surface area contributed by atoms with E-state index in [4.69, 9.17) is 0 Å². The van der Waals surface area contributed by atoms with Gasteiger partial charge in [-0.1, -0.05) is 20.8 Å². The summed E-state index contributed by atoms with van der Waals surface area (Å²) in [6.07, 6.45) is 1.89. The van der Waals surface area contributed by atoms with Crippen LogP contribution in [0, 0.1) is 11.3 Å². The molecule has 0 bridgehead atoms. The Labute approximate surface area is 118 Å². The van der Waals surface area contributed by atoms with Crippen molar-refractivity contribution in [3.8, 4) is 0 Å². The average Bonchev–Trinajstić information content (AvgIpc) is 2.28. The largest absolute Gasteiger partial charge is 0.308 e. The van der Waals surface area contributed by atoms with E-state index < -0.39 is 10.2 Å². The van der Waals surface area contributed by atoms with Crippen molar-refractivity contribution < 1.29 is 8.42 Å². The molecule has 1 fully saturated rings. The number of hydrogen-bond donors (Lipinski definition) is 1. The van der Waals surface area contributed by atoms with Gasteiger partial charge in [0.15, 0.2) is 0 Å². The molecule has 5 nitrogen and oxygen atoms in total. The van der Waals surface area contributed by atoms with Crippen LogP contribution in [0.5, 0.6) is 0 Å². The van der Waals surface area contributed by atoms with Gasteiger partial charge in [0.2, 0.25) is 0 Å². The van der Waals surface area contributed by atoms with E-state index in [0.29, 0.717) is 25.6 Å². The molecule has 1 rings (SSSR count). The molecule has 1 aliphatic rings. The number of hydrogen-bond acceptors (Lipinski definition) is 3. The molecular formula is C13H29N3O2S. The van der Waals surface area contributed by atoms with Crippen molar-refractivity contribution >= 4 is 10.2 Å². The molecule has 0 radical (unpaired) electrons. The van der Waals surface area contributed by atoms with Crippen molar-refractivity contribution in [2.45, 2.75) is 33.6 Å². The van der Waals surface area contributed by atoms with Crippen LogP contribution in [0.4, 0.5) is 0 Å². The molecule has 1 aliphatic heterocycles. The van der Waals surface area contributed by atoms with Gasteiger partial charge >= 0.3 is 0 Å². The smallest absolute Gasteiger partial charge is 0.279 e. The molecule has 19 heavy (non-hydrogen) atoms. The summed E-state index contributed by atoms with van der Waals surface area (Å²) in [5, 5.41) is 0. The highest BCUT2D eigenvalue weighted by Gasteiger charge is 2.36. The molecule has 0 aromatic heterocycles. The van der Waals surface area contributed by atoms with Gasteiger partial charge in [0.25, 0.3) is 10.2 Å². The Bertz CT molecular complexity index is 371. The Balaban J connectivity index is 2.50. The van der Waals surface area contributed by atoms with E-state index in [2.05, 4.69) is 25.5 Å². The van der Waals surface area contributed by atoms with E-state index in [1.807, 2.05) is 19.0 Å². The van der Waals surface area contributed by atoms with Crippen molar-refractivity contribution in [1.82, 2.24) is 13.9 Å². The topological polar surface area (TPSA) is 52.7 Å². The average molecular weight is 291 g/mol. The summed E-state index contributed by atoms with van der Waals surface area (Å²) in [5.41, 5.74) is 0.273. The van der Waals surface area contributed by atoms with Crippen LogP contribution in [0.15, 0.2) is 0 Å². The van der Waals surface area contributed by atoms with E-state index in [-0.39, 0.29) is 5.41 Å². The van der Waals surface area contributed by atoms with Crippen LogP contribution in [-0.4, -0.2) is 57.9 Å². The van der Waals surface area contributed by atoms with Crippen molar-refractivity contribution in [3.05, 3.63) is 0 Å². The SMILES string of the molecule is CC(C)C1(C)CCN(S(=O)(=O)NCCN(C)C)CC1. The predicted molar refractivity (Wildman–Crippen MR) is 79.2 cm³/mol. The minimum atomic E-state index is -3.30. The van der Waals surface area contributed by atoms with Gasteiger partial charge in [0.1, 0.15) is 0 Å². The third-order valence-electron chi connectivity index (χ3n) is 4.44. The molecule has 0 spiro atoms. The Morgan fingerprint density at radius 3 is 2.21 bits per heavy atom. The summed E-state index contributed by atoms with van der Waals surface area (Å²) in [4.78, 5) is 1.97. The Hall–Kier alpha value is -0.170. The highest BCUT2D eigenvalue weighted by atomic mass is 32.2. The number of nitrogens with zero attached hydrogens (tertiary/aromatic N) is 2. The zero-order valence-corrected chi connectivity index (χ0v) is 13.8. The fraction of sp³-hybridized carbons (Fsp3) is 1.00. The molecular weight excluding hydrogens is 262 g/mol. The van der Waals surface area contributed by atoms with Crippen molar-refractivity contribution in [3.63, 3.8) is 0 Å². The van der Waals surface area contributed by atoms with E-state index in [1.165, 1.54) is 0 Å². The summed E-state index contributed by atoms with van der Waals surface area (Å²) in [6.45, 7) is 9.15. The van der Waals surface area contributed by atoms with E-state index in [9.17, 15) is 8.42 Å². The molecule has 6 heteroatoms. The Morgan fingerprint density at radius 2 is 1.79 bits per heavy atom. The molecule has 0 saturated carbocycles. The summed E-state index contributed by atoms with van der Waals surface area (Å²) < 4.78 is 28.6. The van der Waals surface area contributed by atoms with Gasteiger partial charge in [0.05, 0.1) is 0 Å². The van der Waals surface area contributed by atoms with Gasteiger partial charge in [-0.25, -0.2) is 4.72 Å². The molecule has 1 saturated heterocycles. The predicted octanol–water partition coefficient (Wildman–Crippen LogP) is 1.14. The third kappa shape index (κ3) is 4.70. The Kier molecular flexibility index (Phi) is 5.79. The summed E-state index contributed by atoms with van der Waals surface area (Å²) in [7, 11) is 0.569. The number of piperidine rings is 1. The van der Waals surface area contributed by atoms with E-state index >= 15 is 0 Å².